The van der Waals surface area contributed by atoms with Gasteiger partial charge in [-0.2, -0.15) is 0 Å². The Hall–Kier alpha value is -2.53. The van der Waals surface area contributed by atoms with Gasteiger partial charge in [0.1, 0.15) is 11.6 Å². The number of nitrogens with one attached hydrogen (secondary N) is 1. The molecule has 0 aromatic heterocycles. The lowest BCUT2D eigenvalue weighted by Gasteiger charge is -2.04. The van der Waals surface area contributed by atoms with Crippen molar-refractivity contribution in [2.75, 3.05) is 11.9 Å². The molecule has 0 heterocycles. The van der Waals surface area contributed by atoms with E-state index < -0.39 is 17.5 Å². The number of benzene rings is 2. The van der Waals surface area contributed by atoms with E-state index in [1.165, 1.54) is 6.07 Å². The van der Waals surface area contributed by atoms with Crippen molar-refractivity contribution in [2.45, 2.75) is 6.42 Å². The highest BCUT2D eigenvalue weighted by atomic mass is 19.1. The van der Waals surface area contributed by atoms with E-state index in [0.717, 1.165) is 29.8 Å². The maximum absolute atomic E-state index is 13.4. The third-order valence-electron chi connectivity index (χ3n) is 3.02. The van der Waals surface area contributed by atoms with Crippen LogP contribution in [0.3, 0.4) is 0 Å². The summed E-state index contributed by atoms with van der Waals surface area (Å²) in [5.74, 6) is -1.94. The second kappa shape index (κ2) is 7.47. The minimum atomic E-state index is -0.725. The van der Waals surface area contributed by atoms with Crippen molar-refractivity contribution in [2.24, 2.45) is 0 Å². The van der Waals surface area contributed by atoms with Gasteiger partial charge in [-0.15, -0.1) is 0 Å². The van der Waals surface area contributed by atoms with Crippen LogP contribution in [0.25, 0.3) is 6.08 Å². The molecule has 114 valence electrons. The first-order chi connectivity index (χ1) is 10.6. The fourth-order valence-electron chi connectivity index (χ4n) is 1.90. The van der Waals surface area contributed by atoms with Crippen molar-refractivity contribution in [1.82, 2.24) is 0 Å². The molecule has 0 fully saturated rings. The van der Waals surface area contributed by atoms with Crippen molar-refractivity contribution in [3.8, 4) is 0 Å². The quantitative estimate of drug-likeness (QED) is 0.834. The monoisotopic (exact) mass is 303 g/mol. The first-order valence-corrected chi connectivity index (χ1v) is 6.73. The molecule has 0 radical (unpaired) electrons. The normalized spacial score (nSPS) is 10.9. The highest BCUT2D eigenvalue weighted by Crippen LogP contribution is 2.14. The summed E-state index contributed by atoms with van der Waals surface area (Å²) in [5, 5.41) is 11.4. The summed E-state index contributed by atoms with van der Waals surface area (Å²) in [6.45, 7) is 0.0582. The van der Waals surface area contributed by atoms with E-state index in [9.17, 15) is 13.6 Å². The van der Waals surface area contributed by atoms with Crippen LogP contribution < -0.4 is 5.32 Å². The van der Waals surface area contributed by atoms with E-state index >= 15 is 0 Å². The Labute approximate surface area is 126 Å². The van der Waals surface area contributed by atoms with Gasteiger partial charge in [-0.3, -0.25) is 4.79 Å². The molecule has 0 atom stereocenters. The molecule has 0 saturated heterocycles. The van der Waals surface area contributed by atoms with Crippen molar-refractivity contribution in [3.63, 3.8) is 0 Å². The summed E-state index contributed by atoms with van der Waals surface area (Å²) in [5.41, 5.74) is 1.26. The van der Waals surface area contributed by atoms with Gasteiger partial charge in [0.15, 0.2) is 0 Å². The van der Waals surface area contributed by atoms with Crippen LogP contribution in [0, 0.1) is 11.6 Å². The Morgan fingerprint density at radius 3 is 2.32 bits per heavy atom. The first-order valence-electron chi connectivity index (χ1n) is 6.73. The van der Waals surface area contributed by atoms with Gasteiger partial charge < -0.3 is 10.4 Å². The Bertz CT molecular complexity index is 661. The highest BCUT2D eigenvalue weighted by Gasteiger charge is 2.05. The summed E-state index contributed by atoms with van der Waals surface area (Å²) in [4.78, 5) is 11.7. The molecular weight excluding hydrogens is 288 g/mol. The van der Waals surface area contributed by atoms with Crippen LogP contribution >= 0.6 is 0 Å². The van der Waals surface area contributed by atoms with E-state index in [2.05, 4.69) is 5.32 Å². The van der Waals surface area contributed by atoms with Gasteiger partial charge in [0.05, 0.1) is 0 Å². The second-order valence-electron chi connectivity index (χ2n) is 4.63. The molecule has 0 bridgehead atoms. The van der Waals surface area contributed by atoms with E-state index in [4.69, 9.17) is 5.11 Å². The number of amides is 1. The molecule has 2 N–H and O–H groups in total. The average Bonchev–Trinajstić information content (AvgIpc) is 2.49. The number of rotatable bonds is 5. The standard InChI is InChI=1S/C17H15F2NO2/c18-15-2-1-3-16(19)14(15)8-9-17(22)20-13-6-4-12(5-7-13)10-11-21/h1-9,21H,10-11H2,(H,20,22). The van der Waals surface area contributed by atoms with E-state index in [0.29, 0.717) is 12.1 Å². The molecule has 2 aromatic carbocycles. The number of carbonyl (C=O) groups is 1. The summed E-state index contributed by atoms with van der Waals surface area (Å²) >= 11 is 0. The van der Waals surface area contributed by atoms with Crippen molar-refractivity contribution in [3.05, 3.63) is 71.3 Å². The average molecular weight is 303 g/mol. The predicted molar refractivity (Wildman–Crippen MR) is 81.3 cm³/mol. The smallest absolute Gasteiger partial charge is 0.248 e. The summed E-state index contributed by atoms with van der Waals surface area (Å²) in [6.07, 6.45) is 2.71. The van der Waals surface area contributed by atoms with Crippen LogP contribution in [0.1, 0.15) is 11.1 Å². The predicted octanol–water partition coefficient (Wildman–Crippen LogP) is 3.15. The molecule has 0 aliphatic carbocycles. The third-order valence-corrected chi connectivity index (χ3v) is 3.02. The van der Waals surface area contributed by atoms with Crippen molar-refractivity contribution in [1.29, 1.82) is 0 Å². The van der Waals surface area contributed by atoms with Gasteiger partial charge in [0.25, 0.3) is 0 Å². The zero-order chi connectivity index (χ0) is 15.9. The number of aliphatic hydroxyl groups excluding tert-OH is 1. The van der Waals surface area contributed by atoms with Crippen LogP contribution in [0.5, 0.6) is 0 Å². The molecule has 2 aromatic rings. The third kappa shape index (κ3) is 4.23. The van der Waals surface area contributed by atoms with Crippen LogP contribution in [-0.2, 0) is 11.2 Å². The lowest BCUT2D eigenvalue weighted by Crippen LogP contribution is -2.08. The topological polar surface area (TPSA) is 49.3 Å². The maximum atomic E-state index is 13.4. The Morgan fingerprint density at radius 1 is 1.09 bits per heavy atom. The molecule has 3 nitrogen and oxygen atoms in total. The fourth-order valence-corrected chi connectivity index (χ4v) is 1.90. The van der Waals surface area contributed by atoms with Crippen LogP contribution in [0.2, 0.25) is 0 Å². The molecule has 0 aliphatic rings. The minimum absolute atomic E-state index is 0.0582. The second-order valence-corrected chi connectivity index (χ2v) is 4.63. The number of hydrogen-bond acceptors (Lipinski definition) is 2. The number of halogens is 2. The number of aliphatic hydroxyl groups is 1. The number of hydrogen-bond donors (Lipinski definition) is 2. The molecular formula is C17H15F2NO2. The minimum Gasteiger partial charge on any atom is -0.396 e. The Morgan fingerprint density at radius 2 is 1.73 bits per heavy atom. The van der Waals surface area contributed by atoms with Gasteiger partial charge in [0.2, 0.25) is 5.91 Å². The van der Waals surface area contributed by atoms with Gasteiger partial charge in [-0.1, -0.05) is 18.2 Å². The lowest BCUT2D eigenvalue weighted by molar-refractivity contribution is -0.111. The fraction of sp³-hybridized carbons (Fsp3) is 0.118. The molecule has 1 amide bonds. The zero-order valence-corrected chi connectivity index (χ0v) is 11.7. The number of anilines is 1. The largest absolute Gasteiger partial charge is 0.396 e. The Balaban J connectivity index is 2.02. The molecule has 2 rings (SSSR count). The summed E-state index contributed by atoms with van der Waals surface area (Å²) in [7, 11) is 0. The number of carbonyl (C=O) groups excluding carboxylic acids is 1. The van der Waals surface area contributed by atoms with Crippen molar-refractivity contribution >= 4 is 17.7 Å². The molecule has 22 heavy (non-hydrogen) atoms. The Kier molecular flexibility index (Phi) is 5.38. The zero-order valence-electron chi connectivity index (χ0n) is 11.7. The molecule has 0 unspecified atom stereocenters. The molecule has 0 aliphatic heterocycles. The summed E-state index contributed by atoms with van der Waals surface area (Å²) in [6, 6.07) is 10.5. The lowest BCUT2D eigenvalue weighted by atomic mass is 10.1. The van der Waals surface area contributed by atoms with Crippen molar-refractivity contribution < 1.29 is 18.7 Å². The van der Waals surface area contributed by atoms with Gasteiger partial charge in [-0.05, 0) is 42.3 Å². The van der Waals surface area contributed by atoms with E-state index in [1.807, 2.05) is 0 Å². The van der Waals surface area contributed by atoms with Gasteiger partial charge in [-0.25, -0.2) is 8.78 Å². The van der Waals surface area contributed by atoms with Crippen LogP contribution in [-0.4, -0.2) is 17.6 Å². The summed E-state index contributed by atoms with van der Waals surface area (Å²) < 4.78 is 26.8. The van der Waals surface area contributed by atoms with E-state index in [1.54, 1.807) is 24.3 Å². The maximum Gasteiger partial charge on any atom is 0.248 e. The molecule has 0 saturated carbocycles. The highest BCUT2D eigenvalue weighted by molar-refractivity contribution is 6.01. The molecule has 5 heteroatoms. The first kappa shape index (κ1) is 15.9. The van der Waals surface area contributed by atoms with Crippen LogP contribution in [0.4, 0.5) is 14.5 Å². The van der Waals surface area contributed by atoms with Gasteiger partial charge in [0, 0.05) is 23.9 Å². The SMILES string of the molecule is O=C(C=Cc1c(F)cccc1F)Nc1ccc(CCO)cc1. The van der Waals surface area contributed by atoms with Crippen LogP contribution in [0.15, 0.2) is 48.5 Å². The molecule has 0 spiro atoms. The van der Waals surface area contributed by atoms with Gasteiger partial charge >= 0.3 is 0 Å². The van der Waals surface area contributed by atoms with E-state index in [-0.39, 0.29) is 12.2 Å².